The van der Waals surface area contributed by atoms with E-state index in [1.165, 1.54) is 20.4 Å². The predicted molar refractivity (Wildman–Crippen MR) is 155 cm³/mol. The second kappa shape index (κ2) is 11.9. The van der Waals surface area contributed by atoms with Gasteiger partial charge in [0.1, 0.15) is 12.4 Å². The van der Waals surface area contributed by atoms with E-state index in [2.05, 4.69) is 4.98 Å². The topological polar surface area (TPSA) is 139 Å². The first-order chi connectivity index (χ1) is 20.0. The molecule has 0 bridgehead atoms. The van der Waals surface area contributed by atoms with Crippen LogP contribution in [-0.4, -0.2) is 70.3 Å². The molecule has 222 valence electrons. The summed E-state index contributed by atoms with van der Waals surface area (Å²) in [4.78, 5) is 46.2. The third-order valence-corrected chi connectivity index (χ3v) is 9.84. The zero-order valence-electron chi connectivity index (χ0n) is 22.6. The fourth-order valence-corrected chi connectivity index (χ4v) is 7.10. The number of hydrogen-bond acceptors (Lipinski definition) is 8. The van der Waals surface area contributed by atoms with E-state index in [0.29, 0.717) is 35.0 Å². The molecule has 5 rings (SSSR count). The molecule has 1 saturated heterocycles. The molecule has 1 aromatic heterocycles. The van der Waals surface area contributed by atoms with Crippen molar-refractivity contribution in [1.29, 1.82) is 0 Å². The lowest BCUT2D eigenvalue weighted by Gasteiger charge is -2.33. The quantitative estimate of drug-likeness (QED) is 0.412. The van der Waals surface area contributed by atoms with Gasteiger partial charge in [-0.15, -0.1) is 0 Å². The fourth-order valence-electron chi connectivity index (χ4n) is 5.24. The number of aromatic nitrogens is 2. The van der Waals surface area contributed by atoms with Crippen molar-refractivity contribution < 1.29 is 27.9 Å². The van der Waals surface area contributed by atoms with Crippen molar-refractivity contribution in [3.63, 3.8) is 0 Å². The highest BCUT2D eigenvalue weighted by atomic mass is 35.5. The molecule has 14 heteroatoms. The maximum absolute atomic E-state index is 13.5. The number of carbonyl (C=O) groups is 2. The number of benzene rings is 2. The Morgan fingerprint density at radius 1 is 1.10 bits per heavy atom. The largest absolute Gasteiger partial charge is 0.501 e. The molecule has 1 unspecified atom stereocenters. The predicted octanol–water partition coefficient (Wildman–Crippen LogP) is 3.97. The van der Waals surface area contributed by atoms with Gasteiger partial charge in [0.05, 0.1) is 16.7 Å². The molecule has 0 spiro atoms. The van der Waals surface area contributed by atoms with Crippen LogP contribution in [0.25, 0.3) is 0 Å². The number of amides is 2. The second-order valence-electron chi connectivity index (χ2n) is 10.2. The van der Waals surface area contributed by atoms with Gasteiger partial charge in [0.2, 0.25) is 5.75 Å². The third kappa shape index (κ3) is 5.83. The van der Waals surface area contributed by atoms with Gasteiger partial charge in [0.15, 0.2) is 15.5 Å². The van der Waals surface area contributed by atoms with Crippen LogP contribution >= 0.6 is 23.2 Å². The first-order valence-corrected chi connectivity index (χ1v) is 15.7. The van der Waals surface area contributed by atoms with Crippen LogP contribution in [0.15, 0.2) is 52.2 Å². The summed E-state index contributed by atoms with van der Waals surface area (Å²) in [6.45, 7) is 2.07. The van der Waals surface area contributed by atoms with Gasteiger partial charge in [-0.2, -0.15) is 4.98 Å². The van der Waals surface area contributed by atoms with Crippen LogP contribution in [0.4, 0.5) is 4.79 Å². The van der Waals surface area contributed by atoms with E-state index in [9.17, 15) is 27.9 Å². The summed E-state index contributed by atoms with van der Waals surface area (Å²) in [5.41, 5.74) is -0.0496. The zero-order chi connectivity index (χ0) is 30.2. The summed E-state index contributed by atoms with van der Waals surface area (Å²) >= 11 is 12.4. The molecular formula is C28H28Cl2N4O7S. The average molecular weight is 636 g/mol. The molecule has 2 aliphatic heterocycles. The Balaban J connectivity index is 1.36. The van der Waals surface area contributed by atoms with Crippen molar-refractivity contribution in [3.05, 3.63) is 85.5 Å². The lowest BCUT2D eigenvalue weighted by molar-refractivity contribution is 0.0697. The second-order valence-corrected chi connectivity index (χ2v) is 13.1. The summed E-state index contributed by atoms with van der Waals surface area (Å²) in [5, 5.41) is 11.3. The van der Waals surface area contributed by atoms with Crippen molar-refractivity contribution in [2.24, 2.45) is 0 Å². The molecule has 1 fully saturated rings. The minimum Gasteiger partial charge on any atom is -0.501 e. The van der Waals surface area contributed by atoms with Crippen LogP contribution in [0, 0.1) is 6.92 Å². The molecule has 3 aromatic rings. The first kappa shape index (κ1) is 29.9. The summed E-state index contributed by atoms with van der Waals surface area (Å²) in [6.07, 6.45) is 0.371. The molecule has 1 N–H and O–H groups in total. The number of carbonyl (C=O) groups excluding carboxylic acids is 2. The standard InChI is InChI=1S/C28H28Cl2N4O7S/c1-17-5-2-6-18(15-17)42(39,40)14-13-32-11-12-34-23(27(32)37)24(35)26(36)31-25(34)22-9-4-10-33(22)28(38)41-16-19-20(29)7-3-8-21(19)30/h2-3,5-8,15,22,35H,4,9-14,16H2,1H3. The molecule has 3 heterocycles. The molecule has 0 aliphatic carbocycles. The number of halogens is 2. The highest BCUT2D eigenvalue weighted by Crippen LogP contribution is 2.34. The molecular weight excluding hydrogens is 607 g/mol. The third-order valence-electron chi connectivity index (χ3n) is 7.44. The van der Waals surface area contributed by atoms with Gasteiger partial charge in [0, 0.05) is 41.8 Å². The van der Waals surface area contributed by atoms with Crippen LogP contribution in [0.1, 0.15) is 46.3 Å². The summed E-state index contributed by atoms with van der Waals surface area (Å²) in [7, 11) is -3.68. The van der Waals surface area contributed by atoms with Crippen molar-refractivity contribution in [3.8, 4) is 5.75 Å². The fraction of sp³-hybridized carbons (Fsp3) is 0.357. The number of likely N-dealkylation sites (tertiary alicyclic amines) is 1. The Morgan fingerprint density at radius 3 is 2.52 bits per heavy atom. The van der Waals surface area contributed by atoms with Crippen LogP contribution in [0.5, 0.6) is 5.75 Å². The van der Waals surface area contributed by atoms with Crippen molar-refractivity contribution >= 4 is 45.0 Å². The number of fused-ring (bicyclic) bond motifs is 1. The average Bonchev–Trinajstić information content (AvgIpc) is 3.44. The van der Waals surface area contributed by atoms with Crippen molar-refractivity contribution in [1.82, 2.24) is 19.4 Å². The van der Waals surface area contributed by atoms with Gasteiger partial charge >= 0.3 is 11.7 Å². The molecule has 2 aromatic carbocycles. The van der Waals surface area contributed by atoms with Gasteiger partial charge in [-0.25, -0.2) is 13.2 Å². The molecule has 1 atom stereocenters. The Morgan fingerprint density at radius 2 is 1.81 bits per heavy atom. The van der Waals surface area contributed by atoms with Crippen LogP contribution in [-0.2, 0) is 27.7 Å². The zero-order valence-corrected chi connectivity index (χ0v) is 25.0. The van der Waals surface area contributed by atoms with Gasteiger partial charge < -0.3 is 19.3 Å². The van der Waals surface area contributed by atoms with E-state index >= 15 is 0 Å². The van der Waals surface area contributed by atoms with E-state index < -0.39 is 39.2 Å². The Hall–Kier alpha value is -3.61. The molecule has 0 radical (unpaired) electrons. The smallest absolute Gasteiger partial charge is 0.410 e. The minimum atomic E-state index is -3.68. The van der Waals surface area contributed by atoms with E-state index in [1.807, 2.05) is 0 Å². The van der Waals surface area contributed by atoms with E-state index in [1.54, 1.807) is 43.3 Å². The number of sulfone groups is 1. The number of nitrogens with zero attached hydrogens (tertiary/aromatic N) is 4. The summed E-state index contributed by atoms with van der Waals surface area (Å²) in [6, 6.07) is 10.8. The number of aryl methyl sites for hydroxylation is 1. The van der Waals surface area contributed by atoms with Crippen LogP contribution in [0.2, 0.25) is 10.0 Å². The monoisotopic (exact) mass is 634 g/mol. The number of ether oxygens (including phenoxy) is 1. The Bertz CT molecular complexity index is 1710. The maximum atomic E-state index is 13.5. The van der Waals surface area contributed by atoms with E-state index in [4.69, 9.17) is 27.9 Å². The van der Waals surface area contributed by atoms with Crippen LogP contribution in [0.3, 0.4) is 0 Å². The lowest BCUT2D eigenvalue weighted by atomic mass is 10.1. The van der Waals surface area contributed by atoms with Crippen molar-refractivity contribution in [2.75, 3.05) is 25.4 Å². The van der Waals surface area contributed by atoms with E-state index in [0.717, 1.165) is 5.56 Å². The summed E-state index contributed by atoms with van der Waals surface area (Å²) in [5.74, 6) is -1.70. The normalized spacial score (nSPS) is 16.9. The molecule has 42 heavy (non-hydrogen) atoms. The Labute approximate surface area is 252 Å². The highest BCUT2D eigenvalue weighted by molar-refractivity contribution is 7.91. The van der Waals surface area contributed by atoms with Crippen molar-refractivity contribution in [2.45, 2.75) is 43.9 Å². The van der Waals surface area contributed by atoms with Gasteiger partial charge in [-0.1, -0.05) is 41.4 Å². The van der Waals surface area contributed by atoms with E-state index in [-0.39, 0.29) is 48.4 Å². The van der Waals surface area contributed by atoms with Crippen LogP contribution < -0.4 is 5.56 Å². The summed E-state index contributed by atoms with van der Waals surface area (Å²) < 4.78 is 32.7. The first-order valence-electron chi connectivity index (χ1n) is 13.3. The SMILES string of the molecule is Cc1cccc(S(=O)(=O)CCN2CCn3c(C4CCCN4C(=O)OCc4c(Cl)cccc4Cl)nc(=O)c(O)c3C2=O)c1. The maximum Gasteiger partial charge on any atom is 0.410 e. The number of aromatic hydroxyl groups is 1. The molecule has 2 aliphatic rings. The van der Waals surface area contributed by atoms with Gasteiger partial charge in [-0.3, -0.25) is 14.5 Å². The van der Waals surface area contributed by atoms with Gasteiger partial charge in [-0.05, 0) is 49.6 Å². The Kier molecular flexibility index (Phi) is 8.49. The molecule has 11 nitrogen and oxygen atoms in total. The highest BCUT2D eigenvalue weighted by Gasteiger charge is 2.38. The molecule has 2 amide bonds. The van der Waals surface area contributed by atoms with Gasteiger partial charge in [0.25, 0.3) is 5.91 Å². The number of rotatable bonds is 7. The minimum absolute atomic E-state index is 0.119. The molecule has 0 saturated carbocycles. The lowest BCUT2D eigenvalue weighted by Crippen LogP contribution is -2.46. The number of hydrogen-bond donors (Lipinski definition) is 1.